The number of halogens is 1. The largest absolute Gasteiger partial charge is 0.496 e. The molecule has 2 nitrogen and oxygen atoms in total. The Morgan fingerprint density at radius 1 is 1.35 bits per heavy atom. The van der Waals surface area contributed by atoms with Crippen LogP contribution in [0.3, 0.4) is 0 Å². The average Bonchev–Trinajstić information content (AvgIpc) is 2.75. The topological polar surface area (TPSA) is 22.1 Å². The highest BCUT2D eigenvalue weighted by Gasteiger charge is 2.11. The third kappa shape index (κ3) is 2.61. The Hall–Kier alpha value is -1.06. The van der Waals surface area contributed by atoms with Crippen molar-refractivity contribution >= 4 is 22.9 Å². The quantitative estimate of drug-likeness (QED) is 0.811. The van der Waals surface area contributed by atoms with Gasteiger partial charge >= 0.3 is 0 Å². The number of methoxy groups -OCH3 is 1. The second-order valence-corrected chi connectivity index (χ2v) is 5.33. The third-order valence-electron chi connectivity index (χ3n) is 2.57. The van der Waals surface area contributed by atoms with Crippen LogP contribution in [0.5, 0.6) is 5.75 Å². The first kappa shape index (κ1) is 12.4. The van der Waals surface area contributed by atoms with Crippen LogP contribution < -0.4 is 4.74 Å². The lowest BCUT2D eigenvalue weighted by molar-refractivity contribution is 0.407. The average molecular weight is 268 g/mol. The van der Waals surface area contributed by atoms with Crippen LogP contribution in [0.15, 0.2) is 23.6 Å². The highest BCUT2D eigenvalue weighted by Crippen LogP contribution is 2.33. The Morgan fingerprint density at radius 3 is 2.65 bits per heavy atom. The number of nitrogens with zero attached hydrogens (tertiary/aromatic N) is 1. The maximum absolute atomic E-state index is 5.85. The Bertz CT molecular complexity index is 522. The molecule has 0 unspecified atom stereocenters. The zero-order valence-electron chi connectivity index (χ0n) is 10.0. The van der Waals surface area contributed by atoms with E-state index < -0.39 is 0 Å². The van der Waals surface area contributed by atoms with E-state index >= 15 is 0 Å². The molecule has 0 radical (unpaired) electrons. The van der Waals surface area contributed by atoms with Gasteiger partial charge in [0.1, 0.15) is 15.9 Å². The minimum Gasteiger partial charge on any atom is -0.496 e. The van der Waals surface area contributed by atoms with Crippen molar-refractivity contribution in [1.29, 1.82) is 0 Å². The standard InChI is InChI=1S/C13H14ClNOS/c1-8(2)10-6-9(4-5-11(10)16-3)13-15-12(14)7-17-13/h4-8H,1-3H3. The molecule has 90 valence electrons. The molecule has 1 aromatic carbocycles. The maximum atomic E-state index is 5.85. The fourth-order valence-electron chi connectivity index (χ4n) is 1.71. The van der Waals surface area contributed by atoms with Gasteiger partial charge in [-0.15, -0.1) is 11.3 Å². The molecule has 2 aromatic rings. The second kappa shape index (κ2) is 5.07. The van der Waals surface area contributed by atoms with Crippen molar-refractivity contribution in [3.05, 3.63) is 34.3 Å². The van der Waals surface area contributed by atoms with Crippen molar-refractivity contribution in [1.82, 2.24) is 4.98 Å². The zero-order chi connectivity index (χ0) is 12.4. The smallest absolute Gasteiger partial charge is 0.140 e. The van der Waals surface area contributed by atoms with E-state index in [1.165, 1.54) is 5.56 Å². The van der Waals surface area contributed by atoms with E-state index in [-0.39, 0.29) is 0 Å². The summed E-state index contributed by atoms with van der Waals surface area (Å²) < 4.78 is 5.36. The first-order chi connectivity index (χ1) is 8.11. The summed E-state index contributed by atoms with van der Waals surface area (Å²) in [7, 11) is 1.70. The Morgan fingerprint density at radius 2 is 2.12 bits per heavy atom. The number of benzene rings is 1. The second-order valence-electron chi connectivity index (χ2n) is 4.09. The molecule has 0 fully saturated rings. The van der Waals surface area contributed by atoms with E-state index in [9.17, 15) is 0 Å². The Balaban J connectivity index is 2.47. The fourth-order valence-corrected chi connectivity index (χ4v) is 2.65. The van der Waals surface area contributed by atoms with Crippen molar-refractivity contribution in [3.63, 3.8) is 0 Å². The van der Waals surface area contributed by atoms with Gasteiger partial charge in [0.2, 0.25) is 0 Å². The van der Waals surface area contributed by atoms with Crippen molar-refractivity contribution < 1.29 is 4.74 Å². The summed E-state index contributed by atoms with van der Waals surface area (Å²) >= 11 is 7.40. The molecule has 1 aromatic heterocycles. The van der Waals surface area contributed by atoms with Gasteiger partial charge in [-0.3, -0.25) is 0 Å². The number of thiazole rings is 1. The molecule has 2 rings (SSSR count). The normalized spacial score (nSPS) is 10.9. The first-order valence-corrected chi connectivity index (χ1v) is 6.67. The molecule has 0 aliphatic rings. The fraction of sp³-hybridized carbons (Fsp3) is 0.308. The molecular weight excluding hydrogens is 254 g/mol. The molecule has 0 N–H and O–H groups in total. The van der Waals surface area contributed by atoms with Crippen LogP contribution in [0.4, 0.5) is 0 Å². The van der Waals surface area contributed by atoms with E-state index in [1.807, 2.05) is 17.5 Å². The summed E-state index contributed by atoms with van der Waals surface area (Å²) in [4.78, 5) is 4.28. The van der Waals surface area contributed by atoms with Crippen molar-refractivity contribution in [2.75, 3.05) is 7.11 Å². The van der Waals surface area contributed by atoms with Gasteiger partial charge in [-0.25, -0.2) is 4.98 Å². The maximum Gasteiger partial charge on any atom is 0.140 e. The predicted octanol–water partition coefficient (Wildman–Crippen LogP) is 4.60. The van der Waals surface area contributed by atoms with Gasteiger partial charge in [0, 0.05) is 10.9 Å². The van der Waals surface area contributed by atoms with Crippen molar-refractivity contribution in [2.24, 2.45) is 0 Å². The SMILES string of the molecule is COc1ccc(-c2nc(Cl)cs2)cc1C(C)C. The zero-order valence-corrected chi connectivity index (χ0v) is 11.6. The van der Waals surface area contributed by atoms with Crippen LogP contribution in [0.1, 0.15) is 25.3 Å². The minimum atomic E-state index is 0.417. The highest BCUT2D eigenvalue weighted by molar-refractivity contribution is 7.13. The molecule has 0 atom stereocenters. The number of hydrogen-bond donors (Lipinski definition) is 0. The van der Waals surface area contributed by atoms with E-state index in [4.69, 9.17) is 16.3 Å². The number of hydrogen-bond acceptors (Lipinski definition) is 3. The monoisotopic (exact) mass is 267 g/mol. The van der Waals surface area contributed by atoms with E-state index in [0.29, 0.717) is 11.1 Å². The molecule has 1 heterocycles. The van der Waals surface area contributed by atoms with Crippen molar-refractivity contribution in [2.45, 2.75) is 19.8 Å². The van der Waals surface area contributed by atoms with Gasteiger partial charge in [0.05, 0.1) is 7.11 Å². The van der Waals surface area contributed by atoms with Crippen LogP contribution in [0.25, 0.3) is 10.6 Å². The molecule has 17 heavy (non-hydrogen) atoms. The van der Waals surface area contributed by atoms with Crippen LogP contribution in [-0.4, -0.2) is 12.1 Å². The Labute approximate surface area is 110 Å². The lowest BCUT2D eigenvalue weighted by Crippen LogP contribution is -1.94. The van der Waals surface area contributed by atoms with E-state index in [2.05, 4.69) is 24.9 Å². The number of aromatic nitrogens is 1. The summed E-state index contributed by atoms with van der Waals surface area (Å²) in [5.41, 5.74) is 2.28. The van der Waals surface area contributed by atoms with Gasteiger partial charge in [0.15, 0.2) is 0 Å². The molecule has 0 aliphatic heterocycles. The lowest BCUT2D eigenvalue weighted by atomic mass is 10.00. The molecule has 0 amide bonds. The Kier molecular flexibility index (Phi) is 3.69. The lowest BCUT2D eigenvalue weighted by Gasteiger charge is -2.12. The summed E-state index contributed by atoms with van der Waals surface area (Å²) in [5, 5.41) is 3.34. The summed E-state index contributed by atoms with van der Waals surface area (Å²) in [6, 6.07) is 6.12. The third-order valence-corrected chi connectivity index (χ3v) is 3.79. The van der Waals surface area contributed by atoms with Crippen LogP contribution in [0, 0.1) is 0 Å². The van der Waals surface area contributed by atoms with Crippen LogP contribution in [0.2, 0.25) is 5.15 Å². The van der Waals surface area contributed by atoms with Crippen molar-refractivity contribution in [3.8, 4) is 16.3 Å². The first-order valence-electron chi connectivity index (χ1n) is 5.41. The van der Waals surface area contributed by atoms with Gasteiger partial charge in [-0.05, 0) is 29.7 Å². The van der Waals surface area contributed by atoms with Gasteiger partial charge < -0.3 is 4.74 Å². The molecule has 4 heteroatoms. The minimum absolute atomic E-state index is 0.417. The molecule has 0 aliphatic carbocycles. The number of rotatable bonds is 3. The molecule has 0 saturated heterocycles. The van der Waals surface area contributed by atoms with Crippen LogP contribution >= 0.6 is 22.9 Å². The summed E-state index contributed by atoms with van der Waals surface area (Å²) in [6.45, 7) is 4.30. The molecular formula is C13H14ClNOS. The predicted molar refractivity (Wildman–Crippen MR) is 73.2 cm³/mol. The number of ether oxygens (including phenoxy) is 1. The van der Waals surface area contributed by atoms with Gasteiger partial charge in [0.25, 0.3) is 0 Å². The molecule has 0 saturated carbocycles. The highest BCUT2D eigenvalue weighted by atomic mass is 35.5. The van der Waals surface area contributed by atoms with Gasteiger partial charge in [-0.2, -0.15) is 0 Å². The molecule has 0 spiro atoms. The summed E-state index contributed by atoms with van der Waals surface area (Å²) in [6.07, 6.45) is 0. The van der Waals surface area contributed by atoms with E-state index in [1.54, 1.807) is 18.4 Å². The van der Waals surface area contributed by atoms with Gasteiger partial charge in [-0.1, -0.05) is 25.4 Å². The van der Waals surface area contributed by atoms with E-state index in [0.717, 1.165) is 16.3 Å². The summed E-state index contributed by atoms with van der Waals surface area (Å²) in [5.74, 6) is 1.34. The van der Waals surface area contributed by atoms with Crippen LogP contribution in [-0.2, 0) is 0 Å². The molecule has 0 bridgehead atoms.